The van der Waals surface area contributed by atoms with Crippen molar-refractivity contribution in [2.24, 2.45) is 0 Å². The topological polar surface area (TPSA) is 78.5 Å². The minimum Gasteiger partial charge on any atom is -0.491 e. The van der Waals surface area contributed by atoms with Crippen molar-refractivity contribution in [3.05, 3.63) is 92.7 Å². The van der Waals surface area contributed by atoms with Crippen LogP contribution in [0, 0.1) is 20.8 Å². The molecule has 208 valence electrons. The average molecular weight is 531 g/mol. The maximum atomic E-state index is 13.5. The number of nitrogens with zero attached hydrogens (tertiary/aromatic N) is 3. The summed E-state index contributed by atoms with van der Waals surface area (Å²) >= 11 is 0. The van der Waals surface area contributed by atoms with E-state index in [9.17, 15) is 9.59 Å². The maximum Gasteiger partial charge on any atom is 0.345 e. The summed E-state index contributed by atoms with van der Waals surface area (Å²) in [7, 11) is 2.18. The number of fused-ring (bicyclic) bond motifs is 1. The Labute approximate surface area is 232 Å². The molecule has 1 aromatic heterocycles. The standard InChI is InChI=1S/C32H42N4O3/c1-23-12-14-30-28(21-23)22-35(4)18-16-27(26-9-6-5-7-10-26)11-8-17-36(19-20-39-30)31(37)15-13-29-24(2)33-32(38)34-25(29)3/h5-7,9-10,12,14,21,27H,8,11,13,15-20,22H2,1-4H3,(H,33,34,38). The van der Waals surface area contributed by atoms with Crippen molar-refractivity contribution < 1.29 is 9.53 Å². The fourth-order valence-corrected chi connectivity index (χ4v) is 5.59. The number of hydrogen-bond acceptors (Lipinski definition) is 5. The number of ether oxygens (including phenoxy) is 1. The van der Waals surface area contributed by atoms with Crippen molar-refractivity contribution in [3.63, 3.8) is 0 Å². The summed E-state index contributed by atoms with van der Waals surface area (Å²) < 4.78 is 6.25. The summed E-state index contributed by atoms with van der Waals surface area (Å²) in [5, 5.41) is 0. The van der Waals surface area contributed by atoms with Gasteiger partial charge in [-0.15, -0.1) is 0 Å². The Morgan fingerprint density at radius 2 is 1.85 bits per heavy atom. The highest BCUT2D eigenvalue weighted by molar-refractivity contribution is 5.76. The fourth-order valence-electron chi connectivity index (χ4n) is 5.59. The SMILES string of the molecule is Cc1ccc2c(c1)CN(C)CCC(c1ccccc1)CCCN(C(=O)CCc1c(C)nc(=O)[nH]c1C)CCO2. The molecule has 0 bridgehead atoms. The Morgan fingerprint density at radius 1 is 1.05 bits per heavy atom. The second-order valence-electron chi connectivity index (χ2n) is 10.8. The van der Waals surface area contributed by atoms with Crippen LogP contribution in [0.25, 0.3) is 0 Å². The zero-order valence-electron chi connectivity index (χ0n) is 23.8. The van der Waals surface area contributed by atoms with E-state index in [1.54, 1.807) is 0 Å². The van der Waals surface area contributed by atoms with Gasteiger partial charge < -0.3 is 19.5 Å². The Hall–Kier alpha value is -3.45. The molecule has 0 aliphatic carbocycles. The molecule has 1 amide bonds. The molecule has 0 saturated carbocycles. The molecule has 0 fully saturated rings. The van der Waals surface area contributed by atoms with Crippen LogP contribution in [0.4, 0.5) is 0 Å². The van der Waals surface area contributed by atoms with Crippen LogP contribution in [-0.4, -0.2) is 59.0 Å². The first-order chi connectivity index (χ1) is 18.8. The number of nitrogens with one attached hydrogen (secondary N) is 1. The first-order valence-corrected chi connectivity index (χ1v) is 14.1. The molecule has 0 radical (unpaired) electrons. The molecule has 7 nitrogen and oxygen atoms in total. The van der Waals surface area contributed by atoms with E-state index in [4.69, 9.17) is 4.74 Å². The van der Waals surface area contributed by atoms with Crippen LogP contribution in [-0.2, 0) is 17.8 Å². The van der Waals surface area contributed by atoms with E-state index in [0.717, 1.165) is 49.4 Å². The van der Waals surface area contributed by atoms with Crippen LogP contribution >= 0.6 is 0 Å². The van der Waals surface area contributed by atoms with Gasteiger partial charge >= 0.3 is 5.69 Å². The number of amides is 1. The van der Waals surface area contributed by atoms with Crippen molar-refractivity contribution in [1.82, 2.24) is 19.8 Å². The van der Waals surface area contributed by atoms with E-state index in [0.29, 0.717) is 44.1 Å². The normalized spacial score (nSPS) is 17.6. The van der Waals surface area contributed by atoms with Crippen molar-refractivity contribution in [3.8, 4) is 5.75 Å². The second-order valence-corrected chi connectivity index (χ2v) is 10.8. The van der Waals surface area contributed by atoms with Gasteiger partial charge in [0.25, 0.3) is 0 Å². The van der Waals surface area contributed by atoms with E-state index < -0.39 is 0 Å². The second kappa shape index (κ2) is 13.6. The molecule has 3 aromatic rings. The third-order valence-electron chi connectivity index (χ3n) is 7.78. The van der Waals surface area contributed by atoms with Gasteiger partial charge in [-0.3, -0.25) is 4.79 Å². The highest BCUT2D eigenvalue weighted by Gasteiger charge is 2.19. The highest BCUT2D eigenvalue weighted by atomic mass is 16.5. The van der Waals surface area contributed by atoms with Crippen LogP contribution in [0.15, 0.2) is 53.3 Å². The number of H-pyrrole nitrogens is 1. The van der Waals surface area contributed by atoms with Crippen LogP contribution in [0.5, 0.6) is 5.75 Å². The van der Waals surface area contributed by atoms with E-state index in [1.807, 2.05) is 18.7 Å². The zero-order chi connectivity index (χ0) is 27.8. The van der Waals surface area contributed by atoms with Crippen LogP contribution in [0.3, 0.4) is 0 Å². The highest BCUT2D eigenvalue weighted by Crippen LogP contribution is 2.27. The molecular formula is C32H42N4O3. The predicted octanol–water partition coefficient (Wildman–Crippen LogP) is 4.93. The van der Waals surface area contributed by atoms with Gasteiger partial charge in [-0.1, -0.05) is 48.0 Å². The van der Waals surface area contributed by atoms with Gasteiger partial charge in [0.1, 0.15) is 12.4 Å². The number of aromatic nitrogens is 2. The van der Waals surface area contributed by atoms with E-state index in [1.165, 1.54) is 16.7 Å². The molecule has 1 aliphatic rings. The number of rotatable bonds is 4. The molecule has 1 N–H and O–H groups in total. The van der Waals surface area contributed by atoms with Crippen molar-refractivity contribution in [2.75, 3.05) is 33.3 Å². The van der Waals surface area contributed by atoms with Crippen LogP contribution in [0.2, 0.25) is 0 Å². The smallest absolute Gasteiger partial charge is 0.345 e. The number of hydrogen-bond donors (Lipinski definition) is 1. The summed E-state index contributed by atoms with van der Waals surface area (Å²) in [6.07, 6.45) is 3.95. The van der Waals surface area contributed by atoms with E-state index in [2.05, 4.69) is 77.4 Å². The number of aromatic amines is 1. The summed E-state index contributed by atoms with van der Waals surface area (Å²) in [6, 6.07) is 17.1. The Morgan fingerprint density at radius 3 is 2.62 bits per heavy atom. The van der Waals surface area contributed by atoms with Crippen molar-refractivity contribution in [1.29, 1.82) is 0 Å². The average Bonchev–Trinajstić information content (AvgIpc) is 2.90. The molecule has 39 heavy (non-hydrogen) atoms. The number of carbonyl (C=O) groups excluding carboxylic acids is 1. The van der Waals surface area contributed by atoms with Crippen LogP contribution < -0.4 is 10.4 Å². The fraction of sp³-hybridized carbons (Fsp3) is 0.469. The molecule has 4 rings (SSSR count). The van der Waals surface area contributed by atoms with Crippen LogP contribution in [0.1, 0.15) is 65.2 Å². The lowest BCUT2D eigenvalue weighted by molar-refractivity contribution is -0.131. The predicted molar refractivity (Wildman–Crippen MR) is 155 cm³/mol. The Kier molecular flexibility index (Phi) is 9.93. The minimum absolute atomic E-state index is 0.107. The summed E-state index contributed by atoms with van der Waals surface area (Å²) in [4.78, 5) is 36.3. The molecule has 0 spiro atoms. The number of aryl methyl sites for hydroxylation is 3. The van der Waals surface area contributed by atoms with Gasteiger partial charge in [0.05, 0.1) is 6.54 Å². The third-order valence-corrected chi connectivity index (χ3v) is 7.78. The van der Waals surface area contributed by atoms with Crippen molar-refractivity contribution >= 4 is 5.91 Å². The minimum atomic E-state index is -0.346. The summed E-state index contributed by atoms with van der Waals surface area (Å²) in [5.74, 6) is 1.44. The number of carbonyl (C=O) groups is 1. The van der Waals surface area contributed by atoms with Crippen molar-refractivity contribution in [2.45, 2.75) is 65.3 Å². The van der Waals surface area contributed by atoms with Gasteiger partial charge in [-0.2, -0.15) is 4.98 Å². The van der Waals surface area contributed by atoms with Gasteiger partial charge in [0.2, 0.25) is 5.91 Å². The number of benzene rings is 2. The zero-order valence-corrected chi connectivity index (χ0v) is 23.8. The summed E-state index contributed by atoms with van der Waals surface area (Å²) in [6.45, 7) is 9.31. The Bertz CT molecular complexity index is 1280. The summed E-state index contributed by atoms with van der Waals surface area (Å²) in [5.41, 5.74) is 5.84. The third kappa shape index (κ3) is 8.02. The van der Waals surface area contributed by atoms with Gasteiger partial charge in [-0.25, -0.2) is 4.79 Å². The maximum absolute atomic E-state index is 13.5. The molecule has 0 saturated heterocycles. The molecule has 1 atom stereocenters. The monoisotopic (exact) mass is 530 g/mol. The quantitative estimate of drug-likeness (QED) is 0.517. The lowest BCUT2D eigenvalue weighted by atomic mass is 9.91. The largest absolute Gasteiger partial charge is 0.491 e. The first-order valence-electron chi connectivity index (χ1n) is 14.1. The van der Waals surface area contributed by atoms with E-state index >= 15 is 0 Å². The first kappa shape index (κ1) is 28.6. The van der Waals surface area contributed by atoms with E-state index in [-0.39, 0.29) is 11.6 Å². The lowest BCUT2D eigenvalue weighted by Gasteiger charge is -2.27. The molecule has 2 heterocycles. The lowest BCUT2D eigenvalue weighted by Crippen LogP contribution is -2.36. The van der Waals surface area contributed by atoms with Gasteiger partial charge in [0.15, 0.2) is 0 Å². The molecule has 7 heteroatoms. The molecule has 1 unspecified atom stereocenters. The van der Waals surface area contributed by atoms with Gasteiger partial charge in [0, 0.05) is 36.5 Å². The molecular weight excluding hydrogens is 488 g/mol. The van der Waals surface area contributed by atoms with Gasteiger partial charge in [-0.05, 0) is 83.2 Å². The molecule has 1 aliphatic heterocycles. The Balaban J connectivity index is 1.52. The molecule has 2 aromatic carbocycles.